The van der Waals surface area contributed by atoms with Gasteiger partial charge in [-0.15, -0.1) is 0 Å². The Morgan fingerprint density at radius 2 is 2.21 bits per heavy atom. The van der Waals surface area contributed by atoms with Crippen molar-refractivity contribution in [2.24, 2.45) is 4.99 Å². The van der Waals surface area contributed by atoms with Gasteiger partial charge in [0.2, 0.25) is 5.78 Å². The number of aliphatic imine (C=N–C) groups is 1. The van der Waals surface area contributed by atoms with E-state index in [2.05, 4.69) is 9.98 Å². The molecule has 0 bridgehead atoms. The van der Waals surface area contributed by atoms with E-state index in [1.807, 2.05) is 0 Å². The molecule has 6 nitrogen and oxygen atoms in total. The normalized spacial score (nSPS) is 17.5. The monoisotopic (exact) mass is 259 g/mol. The quantitative estimate of drug-likeness (QED) is 0.578. The molecule has 1 aliphatic rings. The Morgan fingerprint density at radius 3 is 2.95 bits per heavy atom. The van der Waals surface area contributed by atoms with Gasteiger partial charge in [-0.05, 0) is 18.2 Å². The molecule has 0 saturated heterocycles. The number of hydrogen-bond acceptors (Lipinski definition) is 5. The first kappa shape index (κ1) is 11.4. The van der Waals surface area contributed by atoms with Crippen molar-refractivity contribution in [3.05, 3.63) is 45.9 Å². The van der Waals surface area contributed by atoms with Crippen LogP contribution in [0.2, 0.25) is 0 Å². The Bertz CT molecular complexity index is 757. The Hall–Kier alpha value is -2.70. The van der Waals surface area contributed by atoms with Crippen molar-refractivity contribution < 1.29 is 14.1 Å². The summed E-state index contributed by atoms with van der Waals surface area (Å²) in [6, 6.07) is 2.49. The highest BCUT2D eigenvalue weighted by atomic mass is 19.1. The molecule has 19 heavy (non-hydrogen) atoms. The average Bonchev–Trinajstić information content (AvgIpc) is 2.40. The fourth-order valence-electron chi connectivity index (χ4n) is 2.03. The number of nitro groups is 1. The van der Waals surface area contributed by atoms with E-state index in [4.69, 9.17) is 0 Å². The molecule has 0 N–H and O–H groups in total. The number of ketones is 1. The lowest BCUT2D eigenvalue weighted by molar-refractivity contribution is -0.485. The summed E-state index contributed by atoms with van der Waals surface area (Å²) in [5, 5.41) is 10.9. The SMILES string of the molecule is O=C1c2cc(F)c3cccnc3c2N=CC1[N+](=O)[O-]. The van der Waals surface area contributed by atoms with Crippen molar-refractivity contribution in [1.82, 2.24) is 4.98 Å². The molecule has 7 heteroatoms. The third-order valence-corrected chi connectivity index (χ3v) is 2.92. The smallest absolute Gasteiger partial charge is 0.286 e. The lowest BCUT2D eigenvalue weighted by atomic mass is 9.98. The minimum atomic E-state index is -1.56. The van der Waals surface area contributed by atoms with Gasteiger partial charge in [-0.25, -0.2) is 4.39 Å². The van der Waals surface area contributed by atoms with Gasteiger partial charge in [0.05, 0.1) is 17.3 Å². The van der Waals surface area contributed by atoms with Gasteiger partial charge in [0.1, 0.15) is 11.5 Å². The second-order valence-electron chi connectivity index (χ2n) is 4.03. The zero-order chi connectivity index (χ0) is 13.6. The molecule has 1 aliphatic heterocycles. The van der Waals surface area contributed by atoms with Gasteiger partial charge in [0, 0.05) is 16.5 Å². The van der Waals surface area contributed by atoms with Crippen molar-refractivity contribution in [2.75, 3.05) is 0 Å². The van der Waals surface area contributed by atoms with Gasteiger partial charge >= 0.3 is 6.04 Å². The molecule has 0 aliphatic carbocycles. The lowest BCUT2D eigenvalue weighted by Gasteiger charge is -2.13. The van der Waals surface area contributed by atoms with E-state index in [9.17, 15) is 19.3 Å². The predicted octanol–water partition coefficient (Wildman–Crippen LogP) is 1.92. The van der Waals surface area contributed by atoms with E-state index in [1.54, 1.807) is 6.07 Å². The number of pyridine rings is 1. The van der Waals surface area contributed by atoms with Crippen LogP contribution in [-0.4, -0.2) is 27.9 Å². The average molecular weight is 259 g/mol. The Kier molecular flexibility index (Phi) is 2.34. The van der Waals surface area contributed by atoms with E-state index >= 15 is 0 Å². The molecule has 0 fully saturated rings. The standard InChI is InChI=1S/C12H6FN3O3/c13-8-4-7-11(10-6(8)2-1-3-14-10)15-5-9(12(7)17)16(18)19/h1-5,9H. The summed E-state index contributed by atoms with van der Waals surface area (Å²) in [7, 11) is 0. The number of Topliss-reactive ketones (excluding diaryl/α,β-unsaturated/α-hetero) is 1. The molecule has 1 atom stereocenters. The number of rotatable bonds is 1. The number of carbonyl (C=O) groups excluding carboxylic acids is 1. The van der Waals surface area contributed by atoms with Gasteiger partial charge < -0.3 is 0 Å². The Balaban J connectivity index is 2.33. The van der Waals surface area contributed by atoms with Gasteiger partial charge in [-0.1, -0.05) is 0 Å². The summed E-state index contributed by atoms with van der Waals surface area (Å²) in [5.74, 6) is -1.42. The molecular weight excluding hydrogens is 253 g/mol. The molecule has 94 valence electrons. The van der Waals surface area contributed by atoms with Crippen molar-refractivity contribution in [3.63, 3.8) is 0 Å². The summed E-state index contributed by atoms with van der Waals surface area (Å²) >= 11 is 0. The predicted molar refractivity (Wildman–Crippen MR) is 65.0 cm³/mol. The maximum Gasteiger partial charge on any atom is 0.309 e. The zero-order valence-electron chi connectivity index (χ0n) is 9.41. The first-order valence-electron chi connectivity index (χ1n) is 5.38. The van der Waals surface area contributed by atoms with Crippen LogP contribution in [0.3, 0.4) is 0 Å². The molecule has 2 aromatic rings. The first-order chi connectivity index (χ1) is 9.09. The van der Waals surface area contributed by atoms with Crippen LogP contribution in [0, 0.1) is 15.9 Å². The van der Waals surface area contributed by atoms with Gasteiger partial charge in [0.15, 0.2) is 0 Å². The van der Waals surface area contributed by atoms with Crippen LogP contribution >= 0.6 is 0 Å². The fraction of sp³-hybridized carbons (Fsp3) is 0.0833. The summed E-state index contributed by atoms with van der Waals surface area (Å²) in [6.07, 6.45) is 2.40. The topological polar surface area (TPSA) is 85.5 Å². The van der Waals surface area contributed by atoms with Gasteiger partial charge in [-0.2, -0.15) is 0 Å². The molecule has 1 unspecified atom stereocenters. The van der Waals surface area contributed by atoms with Crippen LogP contribution in [-0.2, 0) is 0 Å². The number of aromatic nitrogens is 1. The van der Waals surface area contributed by atoms with Crippen molar-refractivity contribution in [2.45, 2.75) is 6.04 Å². The highest BCUT2D eigenvalue weighted by molar-refractivity contribution is 6.17. The van der Waals surface area contributed by atoms with E-state index in [1.165, 1.54) is 12.3 Å². The fourth-order valence-corrected chi connectivity index (χ4v) is 2.03. The molecule has 3 rings (SSSR count). The van der Waals surface area contributed by atoms with E-state index in [0.717, 1.165) is 12.3 Å². The van der Waals surface area contributed by atoms with Crippen LogP contribution in [0.5, 0.6) is 0 Å². The zero-order valence-corrected chi connectivity index (χ0v) is 9.41. The maximum atomic E-state index is 13.9. The third kappa shape index (κ3) is 1.59. The van der Waals surface area contributed by atoms with Crippen molar-refractivity contribution >= 4 is 28.6 Å². The van der Waals surface area contributed by atoms with E-state index < -0.39 is 22.6 Å². The molecule has 0 saturated carbocycles. The van der Waals surface area contributed by atoms with Crippen LogP contribution < -0.4 is 0 Å². The highest BCUT2D eigenvalue weighted by Crippen LogP contribution is 2.33. The van der Waals surface area contributed by atoms with E-state index in [-0.39, 0.29) is 22.2 Å². The molecule has 2 heterocycles. The van der Waals surface area contributed by atoms with Crippen LogP contribution in [0.1, 0.15) is 10.4 Å². The largest absolute Gasteiger partial charge is 0.309 e. The number of halogens is 1. The summed E-state index contributed by atoms with van der Waals surface area (Å²) < 4.78 is 13.9. The highest BCUT2D eigenvalue weighted by Gasteiger charge is 2.35. The molecule has 1 aromatic heterocycles. The van der Waals surface area contributed by atoms with Crippen LogP contribution in [0.15, 0.2) is 29.4 Å². The minimum absolute atomic E-state index is 0.104. The molecule has 0 amide bonds. The lowest BCUT2D eigenvalue weighted by Crippen LogP contribution is -2.33. The van der Waals surface area contributed by atoms with Crippen molar-refractivity contribution in [1.29, 1.82) is 0 Å². The molecule has 0 radical (unpaired) electrons. The number of nitrogens with zero attached hydrogens (tertiary/aromatic N) is 3. The Morgan fingerprint density at radius 1 is 1.42 bits per heavy atom. The van der Waals surface area contributed by atoms with E-state index in [0.29, 0.717) is 0 Å². The second-order valence-corrected chi connectivity index (χ2v) is 4.03. The first-order valence-corrected chi connectivity index (χ1v) is 5.38. The summed E-state index contributed by atoms with van der Waals surface area (Å²) in [6.45, 7) is 0. The maximum absolute atomic E-state index is 13.9. The summed E-state index contributed by atoms with van der Waals surface area (Å²) in [5.41, 5.74) is 0.303. The number of fused-ring (bicyclic) bond motifs is 3. The number of carbonyl (C=O) groups is 1. The molecular formula is C12H6FN3O3. The third-order valence-electron chi connectivity index (χ3n) is 2.92. The summed E-state index contributed by atoms with van der Waals surface area (Å²) in [4.78, 5) is 29.8. The number of hydrogen-bond donors (Lipinski definition) is 0. The Labute approximate surface area is 105 Å². The second kappa shape index (κ2) is 3.91. The van der Waals surface area contributed by atoms with Crippen LogP contribution in [0.4, 0.5) is 10.1 Å². The molecule has 0 spiro atoms. The van der Waals surface area contributed by atoms with Crippen LogP contribution in [0.25, 0.3) is 10.9 Å². The number of benzene rings is 1. The van der Waals surface area contributed by atoms with Crippen molar-refractivity contribution in [3.8, 4) is 0 Å². The minimum Gasteiger partial charge on any atom is -0.286 e. The van der Waals surface area contributed by atoms with Gasteiger partial charge in [0.25, 0.3) is 0 Å². The molecule has 1 aromatic carbocycles. The van der Waals surface area contributed by atoms with Gasteiger partial charge in [-0.3, -0.25) is 24.9 Å².